The van der Waals surface area contributed by atoms with Gasteiger partial charge in [-0.2, -0.15) is 0 Å². The monoisotopic (exact) mass is 589 g/mol. The molecule has 1 unspecified atom stereocenters. The fraction of sp³-hybridized carbons (Fsp3) is 0.286. The molecular weight excluding hydrogens is 549 g/mol. The Balaban J connectivity index is 0.00000462. The van der Waals surface area contributed by atoms with Crippen LogP contribution in [0.2, 0.25) is 5.02 Å². The summed E-state index contributed by atoms with van der Waals surface area (Å²) < 4.78 is 0. The van der Waals surface area contributed by atoms with Crippen molar-refractivity contribution in [1.29, 1.82) is 0 Å². The minimum atomic E-state index is -0.0933. The van der Waals surface area contributed by atoms with Crippen molar-refractivity contribution in [3.63, 3.8) is 0 Å². The van der Waals surface area contributed by atoms with Crippen molar-refractivity contribution < 1.29 is 4.79 Å². The molecule has 4 nitrogen and oxygen atoms in total. The lowest BCUT2D eigenvalue weighted by atomic mass is 10.1. The quantitative estimate of drug-likeness (QED) is 0.124. The maximum atomic E-state index is 12.7. The Morgan fingerprint density at radius 2 is 1.44 bits per heavy atom. The summed E-state index contributed by atoms with van der Waals surface area (Å²) in [7, 11) is 0. The Kier molecular flexibility index (Phi) is 13.9. The van der Waals surface area contributed by atoms with Gasteiger partial charge in [0.05, 0.1) is 0 Å². The lowest BCUT2D eigenvalue weighted by Crippen LogP contribution is -2.30. The highest BCUT2D eigenvalue weighted by Gasteiger charge is 2.08. The SMILES string of the molecule is CC(Cc1ccc(NC(=O)c2ccc(CNCCCCc3ccccc3)cc2)cc1)NCCc1cccc(Cl)c1.Cl. The van der Waals surface area contributed by atoms with Crippen LogP contribution in [0, 0.1) is 0 Å². The van der Waals surface area contributed by atoms with Gasteiger partial charge in [0.15, 0.2) is 0 Å². The van der Waals surface area contributed by atoms with Crippen molar-refractivity contribution in [2.45, 2.75) is 51.6 Å². The first-order valence-electron chi connectivity index (χ1n) is 14.3. The van der Waals surface area contributed by atoms with Crippen LogP contribution in [0.5, 0.6) is 0 Å². The molecule has 0 bridgehead atoms. The molecule has 1 amide bonds. The third-order valence-electron chi connectivity index (χ3n) is 7.01. The summed E-state index contributed by atoms with van der Waals surface area (Å²) in [5.41, 5.74) is 6.52. The van der Waals surface area contributed by atoms with E-state index in [1.165, 1.54) is 28.7 Å². The van der Waals surface area contributed by atoms with Crippen LogP contribution < -0.4 is 16.0 Å². The van der Waals surface area contributed by atoms with E-state index in [0.717, 1.165) is 56.0 Å². The fourth-order valence-electron chi connectivity index (χ4n) is 4.74. The molecule has 0 saturated carbocycles. The van der Waals surface area contributed by atoms with E-state index >= 15 is 0 Å². The molecule has 0 aliphatic carbocycles. The van der Waals surface area contributed by atoms with Gasteiger partial charge < -0.3 is 16.0 Å². The zero-order chi connectivity index (χ0) is 28.0. The second-order valence-corrected chi connectivity index (χ2v) is 10.8. The molecule has 216 valence electrons. The minimum absolute atomic E-state index is 0. The number of halogens is 2. The summed E-state index contributed by atoms with van der Waals surface area (Å²) in [4.78, 5) is 12.7. The number of anilines is 1. The van der Waals surface area contributed by atoms with Gasteiger partial charge in [0.25, 0.3) is 5.91 Å². The predicted molar refractivity (Wildman–Crippen MR) is 175 cm³/mol. The van der Waals surface area contributed by atoms with Gasteiger partial charge in [-0.1, -0.05) is 78.3 Å². The zero-order valence-electron chi connectivity index (χ0n) is 23.7. The van der Waals surface area contributed by atoms with E-state index in [1.807, 2.05) is 54.6 Å². The van der Waals surface area contributed by atoms with Crippen LogP contribution in [-0.2, 0) is 25.8 Å². The van der Waals surface area contributed by atoms with Crippen molar-refractivity contribution in [3.05, 3.63) is 136 Å². The maximum Gasteiger partial charge on any atom is 0.255 e. The number of unbranched alkanes of at least 4 members (excludes halogenated alkanes) is 1. The average molecular weight is 591 g/mol. The number of hydrogen-bond acceptors (Lipinski definition) is 3. The van der Waals surface area contributed by atoms with E-state index in [9.17, 15) is 4.79 Å². The van der Waals surface area contributed by atoms with Crippen LogP contribution in [0.1, 0.15) is 52.4 Å². The molecule has 0 fully saturated rings. The number of carbonyl (C=O) groups is 1. The number of carbonyl (C=O) groups excluding carboxylic acids is 1. The molecule has 4 aromatic rings. The van der Waals surface area contributed by atoms with Crippen molar-refractivity contribution in [3.8, 4) is 0 Å². The maximum absolute atomic E-state index is 12.7. The normalized spacial score (nSPS) is 11.5. The molecule has 0 saturated heterocycles. The van der Waals surface area contributed by atoms with Crippen LogP contribution in [0.15, 0.2) is 103 Å². The molecule has 0 aliphatic heterocycles. The van der Waals surface area contributed by atoms with Gasteiger partial charge in [-0.25, -0.2) is 0 Å². The summed E-state index contributed by atoms with van der Waals surface area (Å²) in [6, 6.07) is 34.9. The highest BCUT2D eigenvalue weighted by molar-refractivity contribution is 6.30. The molecule has 6 heteroatoms. The fourth-order valence-corrected chi connectivity index (χ4v) is 4.95. The molecule has 4 rings (SSSR count). The van der Waals surface area contributed by atoms with Crippen LogP contribution in [0.25, 0.3) is 0 Å². The Labute approximate surface area is 256 Å². The number of aryl methyl sites for hydroxylation is 1. The van der Waals surface area contributed by atoms with Crippen LogP contribution in [-0.4, -0.2) is 25.0 Å². The molecule has 0 spiro atoms. The van der Waals surface area contributed by atoms with Gasteiger partial charge in [0.1, 0.15) is 0 Å². The van der Waals surface area contributed by atoms with Crippen molar-refractivity contribution in [2.24, 2.45) is 0 Å². The lowest BCUT2D eigenvalue weighted by Gasteiger charge is -2.14. The van der Waals surface area contributed by atoms with Gasteiger partial charge in [0, 0.05) is 28.9 Å². The van der Waals surface area contributed by atoms with E-state index in [1.54, 1.807) is 0 Å². The second-order valence-electron chi connectivity index (χ2n) is 10.4. The van der Waals surface area contributed by atoms with Crippen molar-refractivity contribution in [1.82, 2.24) is 10.6 Å². The number of hydrogen-bond donors (Lipinski definition) is 3. The highest BCUT2D eigenvalue weighted by Crippen LogP contribution is 2.14. The predicted octanol–water partition coefficient (Wildman–Crippen LogP) is 7.89. The molecule has 41 heavy (non-hydrogen) atoms. The molecule has 0 aromatic heterocycles. The van der Waals surface area contributed by atoms with Crippen LogP contribution in [0.3, 0.4) is 0 Å². The highest BCUT2D eigenvalue weighted by atomic mass is 35.5. The first-order valence-corrected chi connectivity index (χ1v) is 14.6. The molecule has 0 radical (unpaired) electrons. The molecule has 4 aromatic carbocycles. The first-order chi connectivity index (χ1) is 19.5. The Morgan fingerprint density at radius 3 is 2.17 bits per heavy atom. The molecule has 3 N–H and O–H groups in total. The van der Waals surface area contributed by atoms with E-state index in [4.69, 9.17) is 11.6 Å². The lowest BCUT2D eigenvalue weighted by molar-refractivity contribution is 0.102. The third kappa shape index (κ3) is 11.7. The molecule has 0 heterocycles. The molecule has 1 atom stereocenters. The summed E-state index contributed by atoms with van der Waals surface area (Å²) in [6.07, 6.45) is 5.32. The third-order valence-corrected chi connectivity index (χ3v) is 7.24. The summed E-state index contributed by atoms with van der Waals surface area (Å²) in [6.45, 7) is 4.89. The second kappa shape index (κ2) is 17.6. The summed E-state index contributed by atoms with van der Waals surface area (Å²) in [5, 5.41) is 10.9. The smallest absolute Gasteiger partial charge is 0.255 e. The van der Waals surface area contributed by atoms with Gasteiger partial charge in [0.2, 0.25) is 0 Å². The van der Waals surface area contributed by atoms with Crippen LogP contribution >= 0.6 is 24.0 Å². The topological polar surface area (TPSA) is 53.2 Å². The number of nitrogens with one attached hydrogen (secondary N) is 3. The van der Waals surface area contributed by atoms with E-state index in [2.05, 4.69) is 71.4 Å². The Bertz CT molecular complexity index is 1310. The van der Waals surface area contributed by atoms with Crippen molar-refractivity contribution in [2.75, 3.05) is 18.4 Å². The minimum Gasteiger partial charge on any atom is -0.322 e. The van der Waals surface area contributed by atoms with Crippen molar-refractivity contribution >= 4 is 35.6 Å². The summed E-state index contributed by atoms with van der Waals surface area (Å²) >= 11 is 6.07. The van der Waals surface area contributed by atoms with Crippen LogP contribution in [0.4, 0.5) is 5.69 Å². The largest absolute Gasteiger partial charge is 0.322 e. The number of rotatable bonds is 15. The van der Waals surface area contributed by atoms with Gasteiger partial charge in [-0.3, -0.25) is 4.79 Å². The standard InChI is InChI=1S/C35H40ClN3O.ClH/c1-27(38-23-21-29-11-7-12-33(36)25-29)24-30-15-19-34(20-16-30)39-35(40)32-17-13-31(14-18-32)26-37-22-6-5-10-28-8-3-2-4-9-28;/h2-4,7-9,11-20,25,27,37-38H,5-6,10,21-24,26H2,1H3,(H,39,40);1H. The van der Waals surface area contributed by atoms with E-state index in [-0.39, 0.29) is 18.3 Å². The Morgan fingerprint density at radius 1 is 0.732 bits per heavy atom. The average Bonchev–Trinajstić information content (AvgIpc) is 2.97. The zero-order valence-corrected chi connectivity index (χ0v) is 25.3. The number of benzene rings is 4. The van der Waals surface area contributed by atoms with Gasteiger partial charge in [-0.05, 0) is 111 Å². The first kappa shape index (κ1) is 32.4. The Hall–Kier alpha value is -3.15. The van der Waals surface area contributed by atoms with E-state index < -0.39 is 0 Å². The van der Waals surface area contributed by atoms with E-state index in [0.29, 0.717) is 11.6 Å². The molecule has 0 aliphatic rings. The van der Waals surface area contributed by atoms with Gasteiger partial charge >= 0.3 is 0 Å². The van der Waals surface area contributed by atoms with Gasteiger partial charge in [-0.15, -0.1) is 12.4 Å². The summed E-state index contributed by atoms with van der Waals surface area (Å²) in [5.74, 6) is -0.0933. The molecular formula is C35H41Cl2N3O. The number of amides is 1.